The average Bonchev–Trinajstić information content (AvgIpc) is 2.44. The van der Waals surface area contributed by atoms with E-state index >= 15 is 0 Å². The van der Waals surface area contributed by atoms with Gasteiger partial charge in [-0.15, -0.1) is 0 Å². The number of hydrogen-bond acceptors (Lipinski definition) is 4. The Balaban J connectivity index is 1.99. The third kappa shape index (κ3) is 3.92. The average molecular weight is 277 g/mol. The summed E-state index contributed by atoms with van der Waals surface area (Å²) in [6.45, 7) is 7.70. The molecule has 1 aromatic heterocycles. The van der Waals surface area contributed by atoms with Crippen LogP contribution in [-0.2, 0) is 0 Å². The number of nitrogens with zero attached hydrogens (tertiary/aromatic N) is 2. The van der Waals surface area contributed by atoms with Gasteiger partial charge in [0.1, 0.15) is 5.82 Å². The summed E-state index contributed by atoms with van der Waals surface area (Å²) in [6, 6.07) is 1.92. The summed E-state index contributed by atoms with van der Waals surface area (Å²) < 4.78 is 5.94. The Hall–Kier alpha value is -1.16. The molecule has 1 saturated carbocycles. The molecule has 0 bridgehead atoms. The summed E-state index contributed by atoms with van der Waals surface area (Å²) in [4.78, 5) is 8.95. The molecule has 2 atom stereocenters. The zero-order chi connectivity index (χ0) is 14.5. The van der Waals surface area contributed by atoms with Gasteiger partial charge in [0.25, 0.3) is 0 Å². The summed E-state index contributed by atoms with van der Waals surface area (Å²) in [5, 5.41) is 0. The lowest BCUT2D eigenvalue weighted by molar-refractivity contribution is 0.149. The lowest BCUT2D eigenvalue weighted by Gasteiger charge is -2.30. The van der Waals surface area contributed by atoms with Crippen molar-refractivity contribution in [1.82, 2.24) is 9.97 Å². The van der Waals surface area contributed by atoms with Crippen molar-refractivity contribution in [3.8, 4) is 5.88 Å². The van der Waals surface area contributed by atoms with Gasteiger partial charge in [-0.05, 0) is 38.1 Å². The second kappa shape index (κ2) is 7.02. The predicted octanol–water partition coefficient (Wildman–Crippen LogP) is 3.05. The third-order valence-corrected chi connectivity index (χ3v) is 4.18. The van der Waals surface area contributed by atoms with Gasteiger partial charge >= 0.3 is 0 Å². The van der Waals surface area contributed by atoms with E-state index in [-0.39, 0.29) is 0 Å². The van der Waals surface area contributed by atoms with E-state index in [1.807, 2.05) is 13.0 Å². The van der Waals surface area contributed by atoms with E-state index in [0.29, 0.717) is 23.6 Å². The second-order valence-electron chi connectivity index (χ2n) is 6.21. The van der Waals surface area contributed by atoms with Gasteiger partial charge in [0.05, 0.1) is 6.61 Å². The molecule has 0 amide bonds. The Morgan fingerprint density at radius 3 is 2.60 bits per heavy atom. The van der Waals surface area contributed by atoms with Gasteiger partial charge in [0.2, 0.25) is 5.88 Å². The minimum atomic E-state index is 0.323. The Kier molecular flexibility index (Phi) is 5.35. The maximum atomic E-state index is 5.94. The number of hydrogen-bond donors (Lipinski definition) is 1. The van der Waals surface area contributed by atoms with Crippen molar-refractivity contribution in [3.63, 3.8) is 0 Å². The molecule has 1 aromatic rings. The molecular formula is C16H27N3O. The van der Waals surface area contributed by atoms with Crippen molar-refractivity contribution in [1.29, 1.82) is 0 Å². The molecular weight excluding hydrogens is 250 g/mol. The van der Waals surface area contributed by atoms with Crippen LogP contribution in [-0.4, -0.2) is 23.1 Å². The molecule has 4 heteroatoms. The van der Waals surface area contributed by atoms with Gasteiger partial charge in [-0.1, -0.05) is 26.7 Å². The van der Waals surface area contributed by atoms with Crippen LogP contribution in [0.5, 0.6) is 5.88 Å². The zero-order valence-corrected chi connectivity index (χ0v) is 12.9. The number of aromatic nitrogens is 2. The minimum Gasteiger partial charge on any atom is -0.477 e. The van der Waals surface area contributed by atoms with Crippen molar-refractivity contribution in [2.75, 3.05) is 13.2 Å². The van der Waals surface area contributed by atoms with Crippen LogP contribution in [0.3, 0.4) is 0 Å². The molecule has 0 aliphatic heterocycles. The number of aryl methyl sites for hydroxylation is 1. The monoisotopic (exact) mass is 277 g/mol. The van der Waals surface area contributed by atoms with Crippen molar-refractivity contribution in [2.45, 2.75) is 52.4 Å². The molecule has 0 saturated heterocycles. The van der Waals surface area contributed by atoms with E-state index in [4.69, 9.17) is 10.5 Å². The zero-order valence-electron chi connectivity index (χ0n) is 12.9. The molecule has 20 heavy (non-hydrogen) atoms. The highest BCUT2D eigenvalue weighted by atomic mass is 16.5. The van der Waals surface area contributed by atoms with Gasteiger partial charge in [-0.25, -0.2) is 4.98 Å². The molecule has 1 fully saturated rings. The molecule has 1 heterocycles. The Morgan fingerprint density at radius 1 is 1.25 bits per heavy atom. The Bertz CT molecular complexity index is 434. The number of ether oxygens (including phenoxy) is 1. The molecule has 2 N–H and O–H groups in total. The lowest BCUT2D eigenvalue weighted by Crippen LogP contribution is -2.30. The van der Waals surface area contributed by atoms with Crippen LogP contribution in [0.4, 0.5) is 0 Å². The van der Waals surface area contributed by atoms with E-state index in [2.05, 4.69) is 23.8 Å². The molecule has 1 aliphatic rings. The van der Waals surface area contributed by atoms with E-state index < -0.39 is 0 Å². The van der Waals surface area contributed by atoms with Crippen LogP contribution < -0.4 is 10.5 Å². The maximum Gasteiger partial charge on any atom is 0.216 e. The van der Waals surface area contributed by atoms with E-state index in [0.717, 1.165) is 24.7 Å². The Morgan fingerprint density at radius 2 is 1.95 bits per heavy atom. The topological polar surface area (TPSA) is 61.0 Å². The molecule has 112 valence electrons. The van der Waals surface area contributed by atoms with Gasteiger partial charge in [-0.3, -0.25) is 0 Å². The second-order valence-corrected chi connectivity index (χ2v) is 6.21. The molecule has 0 spiro atoms. The van der Waals surface area contributed by atoms with Crippen LogP contribution in [0.1, 0.15) is 57.0 Å². The van der Waals surface area contributed by atoms with Crippen LogP contribution in [0, 0.1) is 18.8 Å². The number of nitrogens with two attached hydrogens (primary N) is 1. The predicted molar refractivity (Wildman–Crippen MR) is 80.9 cm³/mol. The summed E-state index contributed by atoms with van der Waals surface area (Å²) in [5.74, 6) is 3.08. The summed E-state index contributed by atoms with van der Waals surface area (Å²) in [6.07, 6.45) is 5.07. The first-order chi connectivity index (χ1) is 9.60. The molecule has 1 aliphatic carbocycles. The summed E-state index contributed by atoms with van der Waals surface area (Å²) >= 11 is 0. The first-order valence-corrected chi connectivity index (χ1v) is 7.78. The fourth-order valence-electron chi connectivity index (χ4n) is 2.90. The van der Waals surface area contributed by atoms with Gasteiger partial charge in [0, 0.05) is 17.7 Å². The highest BCUT2D eigenvalue weighted by Crippen LogP contribution is 2.29. The number of rotatable bonds is 5. The van der Waals surface area contributed by atoms with Gasteiger partial charge in [0.15, 0.2) is 0 Å². The van der Waals surface area contributed by atoms with Crippen molar-refractivity contribution < 1.29 is 4.74 Å². The largest absolute Gasteiger partial charge is 0.477 e. The van der Waals surface area contributed by atoms with Gasteiger partial charge in [-0.2, -0.15) is 4.98 Å². The molecule has 2 unspecified atom stereocenters. The summed E-state index contributed by atoms with van der Waals surface area (Å²) in [5.41, 5.74) is 6.84. The van der Waals surface area contributed by atoms with Crippen LogP contribution in [0.15, 0.2) is 6.07 Å². The fourth-order valence-corrected chi connectivity index (χ4v) is 2.90. The maximum absolute atomic E-state index is 5.94. The smallest absolute Gasteiger partial charge is 0.216 e. The fraction of sp³-hybridized carbons (Fsp3) is 0.750. The quantitative estimate of drug-likeness (QED) is 0.898. The van der Waals surface area contributed by atoms with E-state index in [9.17, 15) is 0 Å². The minimum absolute atomic E-state index is 0.323. The van der Waals surface area contributed by atoms with Gasteiger partial charge < -0.3 is 10.5 Å². The third-order valence-electron chi connectivity index (χ3n) is 4.18. The van der Waals surface area contributed by atoms with Crippen molar-refractivity contribution >= 4 is 0 Å². The van der Waals surface area contributed by atoms with Crippen LogP contribution in [0.25, 0.3) is 0 Å². The first kappa shape index (κ1) is 15.2. The van der Waals surface area contributed by atoms with Crippen molar-refractivity contribution in [2.24, 2.45) is 17.6 Å². The van der Waals surface area contributed by atoms with E-state index in [1.165, 1.54) is 25.7 Å². The highest BCUT2D eigenvalue weighted by Gasteiger charge is 2.24. The normalized spacial score (nSPS) is 23.1. The molecule has 0 radical (unpaired) electrons. The lowest BCUT2D eigenvalue weighted by atomic mass is 9.80. The molecule has 4 nitrogen and oxygen atoms in total. The van der Waals surface area contributed by atoms with Crippen LogP contribution in [0.2, 0.25) is 0 Å². The standard InChI is InChI=1S/C16H27N3O/c1-11(2)16-18-12(3)8-15(19-16)20-10-14-7-5-4-6-13(14)9-17/h8,11,13-14H,4-7,9-10,17H2,1-3H3. The molecule has 2 rings (SSSR count). The highest BCUT2D eigenvalue weighted by molar-refractivity contribution is 5.16. The van der Waals surface area contributed by atoms with E-state index in [1.54, 1.807) is 0 Å². The van der Waals surface area contributed by atoms with Crippen molar-refractivity contribution in [3.05, 3.63) is 17.6 Å². The Labute approximate surface area is 122 Å². The first-order valence-electron chi connectivity index (χ1n) is 7.78. The molecule has 0 aromatic carbocycles. The van der Waals surface area contributed by atoms with Crippen LogP contribution >= 0.6 is 0 Å². The summed E-state index contributed by atoms with van der Waals surface area (Å²) in [7, 11) is 0. The SMILES string of the molecule is Cc1cc(OCC2CCCCC2CN)nc(C(C)C)n1.